The summed E-state index contributed by atoms with van der Waals surface area (Å²) >= 11 is 0. The summed E-state index contributed by atoms with van der Waals surface area (Å²) in [5.74, 6) is 0.522. The second kappa shape index (κ2) is 6.41. The number of nitrogens with zero attached hydrogens (tertiary/aromatic N) is 2. The first-order valence-corrected chi connectivity index (χ1v) is 8.39. The van der Waals surface area contributed by atoms with Crippen molar-refractivity contribution in [3.63, 3.8) is 0 Å². The number of hydrogen-bond acceptors (Lipinski definition) is 4. The van der Waals surface area contributed by atoms with Gasteiger partial charge < -0.3 is 9.15 Å². The topological polar surface area (TPSA) is 66.5 Å². The Bertz CT molecular complexity index is 1060. The molecule has 0 radical (unpaired) electrons. The van der Waals surface area contributed by atoms with Crippen LogP contribution in [-0.4, -0.2) is 19.2 Å². The zero-order valence-corrected chi connectivity index (χ0v) is 14.2. The summed E-state index contributed by atoms with van der Waals surface area (Å²) < 4.78 is 11.3. The van der Waals surface area contributed by atoms with E-state index < -0.39 is 6.09 Å². The highest BCUT2D eigenvalue weighted by Gasteiger charge is 2.34. The Labute approximate surface area is 150 Å². The summed E-state index contributed by atoms with van der Waals surface area (Å²) in [5, 5.41) is 10.5. The highest BCUT2D eigenvalue weighted by molar-refractivity contribution is 6.09. The van der Waals surface area contributed by atoms with E-state index >= 15 is 0 Å². The van der Waals surface area contributed by atoms with Crippen LogP contribution >= 0.6 is 0 Å². The Kier molecular flexibility index (Phi) is 3.94. The first-order valence-electron chi connectivity index (χ1n) is 8.39. The summed E-state index contributed by atoms with van der Waals surface area (Å²) in [6.07, 6.45) is -0.486. The molecule has 0 spiro atoms. The van der Waals surface area contributed by atoms with E-state index in [1.807, 2.05) is 54.6 Å². The Morgan fingerprint density at radius 1 is 1.19 bits per heavy atom. The van der Waals surface area contributed by atoms with Gasteiger partial charge in [0, 0.05) is 11.0 Å². The molecule has 2 aromatic carbocycles. The van der Waals surface area contributed by atoms with Gasteiger partial charge in [0.15, 0.2) is 5.76 Å². The molecular formula is C21H16N2O3. The molecule has 0 unspecified atom stereocenters. The molecule has 2 heterocycles. The van der Waals surface area contributed by atoms with Crippen molar-refractivity contribution in [1.82, 2.24) is 0 Å². The summed E-state index contributed by atoms with van der Waals surface area (Å²) in [7, 11) is 0. The second-order valence-corrected chi connectivity index (χ2v) is 5.89. The number of benzene rings is 2. The third-order valence-electron chi connectivity index (χ3n) is 4.37. The van der Waals surface area contributed by atoms with Gasteiger partial charge in [-0.15, -0.1) is 0 Å². The van der Waals surface area contributed by atoms with Gasteiger partial charge in [-0.2, -0.15) is 5.26 Å². The van der Waals surface area contributed by atoms with Crippen molar-refractivity contribution in [3.8, 4) is 6.07 Å². The molecule has 1 aliphatic heterocycles. The summed E-state index contributed by atoms with van der Waals surface area (Å²) in [4.78, 5) is 14.0. The number of furan rings is 1. The van der Waals surface area contributed by atoms with Gasteiger partial charge in [0.2, 0.25) is 0 Å². The second-order valence-electron chi connectivity index (χ2n) is 5.89. The number of amides is 1. The Morgan fingerprint density at radius 3 is 2.65 bits per heavy atom. The molecule has 1 aromatic heterocycles. The van der Waals surface area contributed by atoms with Gasteiger partial charge in [-0.1, -0.05) is 42.5 Å². The number of carbonyl (C=O) groups is 1. The standard InChI is InChI=1S/C21H16N2O3/c1-2-25-21(24)23-13-15(12-22)18(14-8-4-3-5-9-14)20-19(23)16-10-6-7-11-17(16)26-20/h3-11H,2,13H2,1H3. The van der Waals surface area contributed by atoms with Crippen LogP contribution in [0.1, 0.15) is 18.2 Å². The molecule has 0 aliphatic carbocycles. The molecule has 5 nitrogen and oxygen atoms in total. The Balaban J connectivity index is 2.01. The van der Waals surface area contributed by atoms with Gasteiger partial charge >= 0.3 is 6.09 Å². The summed E-state index contributed by atoms with van der Waals surface area (Å²) in [6, 6.07) is 19.4. The normalized spacial score (nSPS) is 13.5. The van der Waals surface area contributed by atoms with Crippen LogP contribution in [0.25, 0.3) is 16.5 Å². The molecule has 26 heavy (non-hydrogen) atoms. The fraction of sp³-hybridized carbons (Fsp3) is 0.143. The van der Waals surface area contributed by atoms with Crippen LogP contribution in [0, 0.1) is 11.3 Å². The SMILES string of the molecule is CCOC(=O)N1CC(C#N)=C(c2ccccc2)c2oc3ccccc3c21. The van der Waals surface area contributed by atoms with E-state index in [-0.39, 0.29) is 13.2 Å². The number of nitriles is 1. The monoisotopic (exact) mass is 344 g/mol. The summed E-state index contributed by atoms with van der Waals surface area (Å²) in [5.41, 5.74) is 3.39. The van der Waals surface area contributed by atoms with E-state index in [2.05, 4.69) is 6.07 Å². The fourth-order valence-electron chi connectivity index (χ4n) is 3.28. The third-order valence-corrected chi connectivity index (χ3v) is 4.37. The number of para-hydroxylation sites is 1. The predicted octanol–water partition coefficient (Wildman–Crippen LogP) is 4.73. The number of anilines is 1. The number of hydrogen-bond donors (Lipinski definition) is 0. The maximum Gasteiger partial charge on any atom is 0.414 e. The minimum absolute atomic E-state index is 0.149. The maximum absolute atomic E-state index is 12.5. The zero-order valence-electron chi connectivity index (χ0n) is 14.2. The molecule has 0 fully saturated rings. The molecule has 0 atom stereocenters. The van der Waals surface area contributed by atoms with Crippen LogP contribution in [0.4, 0.5) is 10.5 Å². The molecular weight excluding hydrogens is 328 g/mol. The third kappa shape index (κ3) is 2.44. The van der Waals surface area contributed by atoms with Crippen LogP contribution in [0.2, 0.25) is 0 Å². The van der Waals surface area contributed by atoms with Crippen molar-refractivity contribution in [2.24, 2.45) is 0 Å². The fourth-order valence-corrected chi connectivity index (χ4v) is 3.28. The number of fused-ring (bicyclic) bond motifs is 3. The lowest BCUT2D eigenvalue weighted by Crippen LogP contribution is -2.36. The molecule has 0 N–H and O–H groups in total. The number of rotatable bonds is 2. The highest BCUT2D eigenvalue weighted by Crippen LogP contribution is 2.44. The lowest BCUT2D eigenvalue weighted by Gasteiger charge is -2.27. The Morgan fingerprint density at radius 2 is 1.92 bits per heavy atom. The molecule has 5 heteroatoms. The van der Waals surface area contributed by atoms with Crippen molar-refractivity contribution >= 4 is 28.3 Å². The van der Waals surface area contributed by atoms with E-state index in [9.17, 15) is 10.1 Å². The molecule has 1 amide bonds. The zero-order chi connectivity index (χ0) is 18.1. The first-order chi connectivity index (χ1) is 12.7. The molecule has 0 saturated heterocycles. The van der Waals surface area contributed by atoms with Gasteiger partial charge in [-0.25, -0.2) is 4.79 Å². The molecule has 128 valence electrons. The maximum atomic E-state index is 12.5. The van der Waals surface area contributed by atoms with Crippen molar-refractivity contribution in [2.75, 3.05) is 18.1 Å². The highest BCUT2D eigenvalue weighted by atomic mass is 16.6. The van der Waals surface area contributed by atoms with Gasteiger partial charge in [-0.3, -0.25) is 4.90 Å². The number of ether oxygens (including phenoxy) is 1. The van der Waals surface area contributed by atoms with Gasteiger partial charge in [0.1, 0.15) is 11.3 Å². The van der Waals surface area contributed by atoms with Crippen molar-refractivity contribution < 1.29 is 13.9 Å². The first kappa shape index (κ1) is 16.0. The average molecular weight is 344 g/mol. The van der Waals surface area contributed by atoms with Gasteiger partial charge in [0.25, 0.3) is 0 Å². The van der Waals surface area contributed by atoms with E-state index in [1.165, 1.54) is 4.90 Å². The molecule has 4 rings (SSSR count). The largest absolute Gasteiger partial charge is 0.454 e. The summed E-state index contributed by atoms with van der Waals surface area (Å²) in [6.45, 7) is 2.17. The van der Waals surface area contributed by atoms with E-state index in [0.717, 1.165) is 16.5 Å². The minimum atomic E-state index is -0.486. The van der Waals surface area contributed by atoms with E-state index in [0.29, 0.717) is 22.6 Å². The molecule has 0 saturated carbocycles. The predicted molar refractivity (Wildman–Crippen MR) is 98.7 cm³/mol. The van der Waals surface area contributed by atoms with Crippen LogP contribution in [0.5, 0.6) is 0 Å². The lowest BCUT2D eigenvalue weighted by molar-refractivity contribution is 0.160. The molecule has 0 bridgehead atoms. The van der Waals surface area contributed by atoms with Gasteiger partial charge in [-0.05, 0) is 24.6 Å². The van der Waals surface area contributed by atoms with E-state index in [1.54, 1.807) is 6.92 Å². The van der Waals surface area contributed by atoms with Crippen molar-refractivity contribution in [1.29, 1.82) is 5.26 Å². The van der Waals surface area contributed by atoms with Crippen molar-refractivity contribution in [3.05, 3.63) is 71.5 Å². The molecule has 3 aromatic rings. The quantitative estimate of drug-likeness (QED) is 0.674. The van der Waals surface area contributed by atoms with Crippen LogP contribution in [0.15, 0.2) is 64.6 Å². The molecule has 1 aliphatic rings. The smallest absolute Gasteiger partial charge is 0.414 e. The van der Waals surface area contributed by atoms with Crippen LogP contribution in [0.3, 0.4) is 0 Å². The average Bonchev–Trinajstić information content (AvgIpc) is 3.06. The number of carbonyl (C=O) groups excluding carboxylic acids is 1. The van der Waals surface area contributed by atoms with Crippen LogP contribution in [-0.2, 0) is 4.74 Å². The van der Waals surface area contributed by atoms with Gasteiger partial charge in [0.05, 0.1) is 24.8 Å². The lowest BCUT2D eigenvalue weighted by atomic mass is 9.93. The van der Waals surface area contributed by atoms with Crippen molar-refractivity contribution in [2.45, 2.75) is 6.92 Å². The Hall–Kier alpha value is -3.52. The minimum Gasteiger partial charge on any atom is -0.454 e. The van der Waals surface area contributed by atoms with Crippen LogP contribution < -0.4 is 4.90 Å². The van der Waals surface area contributed by atoms with E-state index in [4.69, 9.17) is 9.15 Å².